The second-order valence-corrected chi connectivity index (χ2v) is 5.66. The molecule has 0 radical (unpaired) electrons. The number of imidazole rings is 1. The maximum Gasteiger partial charge on any atom is 0.142 e. The Morgan fingerprint density at radius 3 is 2.67 bits per heavy atom. The monoisotopic (exact) mass is 321 g/mol. The number of hydrogen-bond donors (Lipinski definition) is 0. The van der Waals surface area contributed by atoms with E-state index in [9.17, 15) is 0 Å². The summed E-state index contributed by atoms with van der Waals surface area (Å²) in [6, 6.07) is 12.5. The van der Waals surface area contributed by atoms with Gasteiger partial charge in [0.05, 0.1) is 0 Å². The van der Waals surface area contributed by atoms with Crippen molar-refractivity contribution in [3.8, 4) is 0 Å². The van der Waals surface area contributed by atoms with Gasteiger partial charge in [-0.2, -0.15) is 0 Å². The van der Waals surface area contributed by atoms with E-state index in [0.717, 1.165) is 17.9 Å². The molecule has 0 saturated carbocycles. The molecule has 3 rings (SSSR count). The van der Waals surface area contributed by atoms with Crippen LogP contribution in [0.25, 0.3) is 5.57 Å². The number of nitrogens with zero attached hydrogens (tertiary/aromatic N) is 3. The first-order valence-corrected chi connectivity index (χ1v) is 8.25. The Kier molecular flexibility index (Phi) is 5.29. The third-order valence-corrected chi connectivity index (χ3v) is 4.00. The Balaban J connectivity index is 2.01. The van der Waals surface area contributed by atoms with Crippen molar-refractivity contribution in [2.45, 2.75) is 27.1 Å². The molecule has 4 nitrogen and oxygen atoms in total. The van der Waals surface area contributed by atoms with Crippen molar-refractivity contribution >= 4 is 5.57 Å². The van der Waals surface area contributed by atoms with Gasteiger partial charge >= 0.3 is 0 Å². The van der Waals surface area contributed by atoms with E-state index < -0.39 is 0 Å². The molecule has 0 saturated heterocycles. The van der Waals surface area contributed by atoms with Crippen molar-refractivity contribution in [1.82, 2.24) is 14.1 Å². The number of allylic oxidation sites excluding steroid dienone is 1. The van der Waals surface area contributed by atoms with Crippen LogP contribution in [0.5, 0.6) is 0 Å². The number of rotatable bonds is 7. The van der Waals surface area contributed by atoms with Crippen LogP contribution in [0.1, 0.15) is 23.9 Å². The van der Waals surface area contributed by atoms with Gasteiger partial charge in [0.1, 0.15) is 12.6 Å². The van der Waals surface area contributed by atoms with Crippen molar-refractivity contribution in [3.63, 3.8) is 0 Å². The highest BCUT2D eigenvalue weighted by Gasteiger charge is 2.13. The normalized spacial score (nSPS) is 11.8. The van der Waals surface area contributed by atoms with Gasteiger partial charge in [0.25, 0.3) is 0 Å². The molecule has 0 bridgehead atoms. The molecule has 0 unspecified atom stereocenters. The quantitative estimate of drug-likeness (QED) is 0.655. The highest BCUT2D eigenvalue weighted by atomic mass is 16.5. The summed E-state index contributed by atoms with van der Waals surface area (Å²) < 4.78 is 9.78. The Morgan fingerprint density at radius 2 is 1.92 bits per heavy atom. The van der Waals surface area contributed by atoms with Gasteiger partial charge in [0.15, 0.2) is 0 Å². The van der Waals surface area contributed by atoms with Gasteiger partial charge in [0.2, 0.25) is 0 Å². The molecule has 2 heterocycles. The molecule has 0 fully saturated rings. The van der Waals surface area contributed by atoms with Gasteiger partial charge in [-0.05, 0) is 37.1 Å². The molecule has 4 heteroatoms. The highest BCUT2D eigenvalue weighted by Crippen LogP contribution is 2.25. The molecule has 0 aliphatic rings. The standard InChI is InChI=1S/C20H23N3O/c1-3-24-16-23-15-11-21-20(23)19(10-14-22-12-6-7-13-22)18-9-5-4-8-17(18)2/h4-13,15H,3,14,16H2,1-2H3. The lowest BCUT2D eigenvalue weighted by molar-refractivity contribution is 0.0872. The predicted octanol–water partition coefficient (Wildman–Crippen LogP) is 4.12. The molecular weight excluding hydrogens is 298 g/mol. The fourth-order valence-electron chi connectivity index (χ4n) is 2.73. The maximum atomic E-state index is 5.58. The highest BCUT2D eigenvalue weighted by molar-refractivity contribution is 5.78. The van der Waals surface area contributed by atoms with Crippen LogP contribution in [0.15, 0.2) is 67.3 Å². The fourth-order valence-corrected chi connectivity index (χ4v) is 2.73. The van der Waals surface area contributed by atoms with Crippen LogP contribution >= 0.6 is 0 Å². The van der Waals surface area contributed by atoms with Gasteiger partial charge < -0.3 is 13.9 Å². The molecule has 0 amide bonds. The van der Waals surface area contributed by atoms with Crippen LogP contribution in [-0.2, 0) is 18.0 Å². The number of aryl methyl sites for hydroxylation is 1. The van der Waals surface area contributed by atoms with Crippen LogP contribution < -0.4 is 0 Å². The van der Waals surface area contributed by atoms with Crippen LogP contribution in [0.2, 0.25) is 0 Å². The molecule has 2 aromatic heterocycles. The molecule has 24 heavy (non-hydrogen) atoms. The van der Waals surface area contributed by atoms with Crippen LogP contribution in [0.3, 0.4) is 0 Å². The van der Waals surface area contributed by atoms with E-state index in [1.54, 1.807) is 0 Å². The summed E-state index contributed by atoms with van der Waals surface area (Å²) in [5.74, 6) is 0.935. The Hall–Kier alpha value is -2.59. The zero-order valence-corrected chi connectivity index (χ0v) is 14.2. The summed E-state index contributed by atoms with van der Waals surface area (Å²) in [4.78, 5) is 4.59. The first-order valence-electron chi connectivity index (χ1n) is 8.25. The summed E-state index contributed by atoms with van der Waals surface area (Å²) in [6.45, 7) is 6.14. The second kappa shape index (κ2) is 7.79. The Morgan fingerprint density at radius 1 is 1.12 bits per heavy atom. The van der Waals surface area contributed by atoms with Gasteiger partial charge in [-0.15, -0.1) is 0 Å². The largest absolute Gasteiger partial charge is 0.361 e. The molecule has 0 aliphatic carbocycles. The second-order valence-electron chi connectivity index (χ2n) is 5.66. The van der Waals surface area contributed by atoms with Crippen molar-refractivity contribution in [3.05, 3.63) is 84.2 Å². The molecule has 0 atom stereocenters. The third kappa shape index (κ3) is 3.66. The Bertz CT molecular complexity index is 800. The predicted molar refractivity (Wildman–Crippen MR) is 96.5 cm³/mol. The van der Waals surface area contributed by atoms with E-state index in [1.807, 2.05) is 31.5 Å². The Labute approximate surface area is 143 Å². The van der Waals surface area contributed by atoms with E-state index in [2.05, 4.69) is 63.8 Å². The summed E-state index contributed by atoms with van der Waals surface area (Å²) in [5.41, 5.74) is 3.57. The third-order valence-electron chi connectivity index (χ3n) is 4.00. The van der Waals surface area contributed by atoms with Crippen LogP contribution in [-0.4, -0.2) is 20.7 Å². The lowest BCUT2D eigenvalue weighted by atomic mass is 9.99. The molecule has 0 aliphatic heterocycles. The summed E-state index contributed by atoms with van der Waals surface area (Å²) in [6.07, 6.45) is 10.2. The minimum Gasteiger partial charge on any atom is -0.361 e. The molecule has 0 spiro atoms. The molecule has 3 aromatic rings. The summed E-state index contributed by atoms with van der Waals surface area (Å²) in [5, 5.41) is 0. The van der Waals surface area contributed by atoms with Gasteiger partial charge in [0, 0.05) is 43.5 Å². The molecule has 124 valence electrons. The van der Waals surface area contributed by atoms with Crippen molar-refractivity contribution < 1.29 is 4.74 Å². The average Bonchev–Trinajstić information content (AvgIpc) is 3.26. The lowest BCUT2D eigenvalue weighted by Crippen LogP contribution is -2.07. The minimum absolute atomic E-state index is 0.512. The number of benzene rings is 1. The van der Waals surface area contributed by atoms with Gasteiger partial charge in [-0.1, -0.05) is 30.3 Å². The van der Waals surface area contributed by atoms with E-state index in [1.165, 1.54) is 11.1 Å². The van der Waals surface area contributed by atoms with E-state index >= 15 is 0 Å². The van der Waals surface area contributed by atoms with Gasteiger partial charge in [-0.3, -0.25) is 0 Å². The molecule has 1 aromatic carbocycles. The van der Waals surface area contributed by atoms with E-state index in [0.29, 0.717) is 13.3 Å². The summed E-state index contributed by atoms with van der Waals surface area (Å²) in [7, 11) is 0. The summed E-state index contributed by atoms with van der Waals surface area (Å²) >= 11 is 0. The average molecular weight is 321 g/mol. The lowest BCUT2D eigenvalue weighted by Gasteiger charge is -2.14. The van der Waals surface area contributed by atoms with Crippen LogP contribution in [0.4, 0.5) is 0 Å². The number of ether oxygens (including phenoxy) is 1. The van der Waals surface area contributed by atoms with Crippen molar-refractivity contribution in [1.29, 1.82) is 0 Å². The SMILES string of the molecule is CCOCn1ccnc1C(=CCn1cccc1)c1ccccc1C. The minimum atomic E-state index is 0.512. The van der Waals surface area contributed by atoms with Gasteiger partial charge in [-0.25, -0.2) is 4.98 Å². The number of aromatic nitrogens is 3. The van der Waals surface area contributed by atoms with E-state index in [4.69, 9.17) is 4.74 Å². The molecular formula is C20H23N3O. The van der Waals surface area contributed by atoms with Crippen LogP contribution in [0, 0.1) is 6.92 Å². The zero-order chi connectivity index (χ0) is 16.8. The maximum absolute atomic E-state index is 5.58. The zero-order valence-electron chi connectivity index (χ0n) is 14.2. The smallest absolute Gasteiger partial charge is 0.142 e. The fraction of sp³-hybridized carbons (Fsp3) is 0.250. The van der Waals surface area contributed by atoms with Crippen molar-refractivity contribution in [2.24, 2.45) is 0 Å². The first kappa shape index (κ1) is 16.3. The topological polar surface area (TPSA) is 32.0 Å². The molecule has 0 N–H and O–H groups in total. The number of hydrogen-bond acceptors (Lipinski definition) is 2. The van der Waals surface area contributed by atoms with E-state index in [-0.39, 0.29) is 0 Å². The van der Waals surface area contributed by atoms with Crippen molar-refractivity contribution in [2.75, 3.05) is 6.61 Å². The first-order chi connectivity index (χ1) is 11.8.